The van der Waals surface area contributed by atoms with Crippen LogP contribution < -0.4 is 10.6 Å². The van der Waals surface area contributed by atoms with Crippen molar-refractivity contribution in [1.82, 2.24) is 0 Å². The van der Waals surface area contributed by atoms with E-state index in [-0.39, 0.29) is 0 Å². The van der Waals surface area contributed by atoms with E-state index < -0.39 is 0 Å². The Bertz CT molecular complexity index is 525. The maximum absolute atomic E-state index is 5.77. The zero-order chi connectivity index (χ0) is 13.0. The standard InChI is InChI=1S/C15H17BrN2/c1-18(11-12-5-4-7-14(16)9-12)15-8-3-2-6-13(15)10-17/h2-9H,10-11,17H2,1H3. The summed E-state index contributed by atoms with van der Waals surface area (Å²) in [5.41, 5.74) is 9.42. The van der Waals surface area contributed by atoms with Crippen LogP contribution in [-0.2, 0) is 13.1 Å². The van der Waals surface area contributed by atoms with Gasteiger partial charge in [0.25, 0.3) is 0 Å². The molecule has 0 aliphatic rings. The third-order valence-corrected chi connectivity index (χ3v) is 3.42. The lowest BCUT2D eigenvalue weighted by atomic mass is 10.1. The molecule has 0 amide bonds. The molecule has 0 fully saturated rings. The maximum atomic E-state index is 5.77. The van der Waals surface area contributed by atoms with Gasteiger partial charge in [-0.05, 0) is 29.3 Å². The molecule has 0 radical (unpaired) electrons. The maximum Gasteiger partial charge on any atom is 0.0426 e. The van der Waals surface area contributed by atoms with E-state index in [1.807, 2.05) is 18.2 Å². The SMILES string of the molecule is CN(Cc1cccc(Br)c1)c1ccccc1CN. The number of halogens is 1. The van der Waals surface area contributed by atoms with E-state index in [1.54, 1.807) is 0 Å². The van der Waals surface area contributed by atoms with Gasteiger partial charge in [-0.3, -0.25) is 0 Å². The third kappa shape index (κ3) is 3.12. The summed E-state index contributed by atoms with van der Waals surface area (Å²) < 4.78 is 1.11. The molecule has 2 aromatic rings. The lowest BCUT2D eigenvalue weighted by Gasteiger charge is -2.22. The van der Waals surface area contributed by atoms with Crippen molar-refractivity contribution in [3.63, 3.8) is 0 Å². The summed E-state index contributed by atoms with van der Waals surface area (Å²) in [7, 11) is 2.09. The molecule has 0 aliphatic carbocycles. The Labute approximate surface area is 117 Å². The Morgan fingerprint density at radius 2 is 1.89 bits per heavy atom. The average molecular weight is 305 g/mol. The minimum Gasteiger partial charge on any atom is -0.370 e. The van der Waals surface area contributed by atoms with Gasteiger partial charge in [-0.2, -0.15) is 0 Å². The topological polar surface area (TPSA) is 29.3 Å². The fraction of sp³-hybridized carbons (Fsp3) is 0.200. The van der Waals surface area contributed by atoms with Crippen LogP contribution in [0.5, 0.6) is 0 Å². The Morgan fingerprint density at radius 1 is 1.11 bits per heavy atom. The fourth-order valence-electron chi connectivity index (χ4n) is 2.05. The van der Waals surface area contributed by atoms with Crippen molar-refractivity contribution in [3.05, 3.63) is 64.1 Å². The zero-order valence-electron chi connectivity index (χ0n) is 10.4. The molecule has 0 saturated carbocycles. The summed E-state index contributed by atoms with van der Waals surface area (Å²) in [6, 6.07) is 16.6. The van der Waals surface area contributed by atoms with Crippen LogP contribution in [0.4, 0.5) is 5.69 Å². The molecule has 0 atom stereocenters. The predicted octanol–water partition coefficient (Wildman–Crippen LogP) is 3.54. The number of benzene rings is 2. The van der Waals surface area contributed by atoms with Crippen molar-refractivity contribution < 1.29 is 0 Å². The second-order valence-corrected chi connectivity index (χ2v) is 5.23. The van der Waals surface area contributed by atoms with Gasteiger partial charge >= 0.3 is 0 Å². The Morgan fingerprint density at radius 3 is 2.61 bits per heavy atom. The average Bonchev–Trinajstić information content (AvgIpc) is 2.38. The van der Waals surface area contributed by atoms with Crippen molar-refractivity contribution in [2.24, 2.45) is 5.73 Å². The van der Waals surface area contributed by atoms with E-state index in [1.165, 1.54) is 16.8 Å². The molecular weight excluding hydrogens is 288 g/mol. The zero-order valence-corrected chi connectivity index (χ0v) is 12.0. The van der Waals surface area contributed by atoms with Crippen LogP contribution in [0.15, 0.2) is 53.0 Å². The van der Waals surface area contributed by atoms with Crippen molar-refractivity contribution in [2.75, 3.05) is 11.9 Å². The van der Waals surface area contributed by atoms with Crippen molar-refractivity contribution in [2.45, 2.75) is 13.1 Å². The van der Waals surface area contributed by atoms with Gasteiger partial charge in [-0.1, -0.05) is 46.3 Å². The third-order valence-electron chi connectivity index (χ3n) is 2.93. The van der Waals surface area contributed by atoms with Gasteiger partial charge in [-0.25, -0.2) is 0 Å². The summed E-state index contributed by atoms with van der Waals surface area (Å²) >= 11 is 3.50. The number of rotatable bonds is 4. The molecule has 2 N–H and O–H groups in total. The molecule has 3 heteroatoms. The first-order valence-electron chi connectivity index (χ1n) is 5.94. The highest BCUT2D eigenvalue weighted by molar-refractivity contribution is 9.10. The summed E-state index contributed by atoms with van der Waals surface area (Å²) in [5, 5.41) is 0. The number of hydrogen-bond acceptors (Lipinski definition) is 2. The van der Waals surface area contributed by atoms with Gasteiger partial charge in [-0.15, -0.1) is 0 Å². The van der Waals surface area contributed by atoms with Crippen LogP contribution in [0, 0.1) is 0 Å². The Kier molecular flexibility index (Phi) is 4.39. The van der Waals surface area contributed by atoms with E-state index in [4.69, 9.17) is 5.73 Å². The van der Waals surface area contributed by atoms with Crippen LogP contribution in [0.2, 0.25) is 0 Å². The number of anilines is 1. The molecule has 94 valence electrons. The van der Waals surface area contributed by atoms with Gasteiger partial charge in [0.15, 0.2) is 0 Å². The van der Waals surface area contributed by atoms with E-state index in [2.05, 4.69) is 58.2 Å². The van der Waals surface area contributed by atoms with Crippen LogP contribution >= 0.6 is 15.9 Å². The molecule has 0 bridgehead atoms. The number of nitrogens with two attached hydrogens (primary N) is 1. The summed E-state index contributed by atoms with van der Waals surface area (Å²) in [4.78, 5) is 2.23. The molecule has 2 rings (SSSR count). The molecule has 2 nitrogen and oxygen atoms in total. The minimum absolute atomic E-state index is 0.568. The number of hydrogen-bond donors (Lipinski definition) is 1. The lowest BCUT2D eigenvalue weighted by Crippen LogP contribution is -2.18. The highest BCUT2D eigenvalue weighted by Gasteiger charge is 2.06. The second-order valence-electron chi connectivity index (χ2n) is 4.32. The highest BCUT2D eigenvalue weighted by Crippen LogP contribution is 2.21. The van der Waals surface area contributed by atoms with Crippen molar-refractivity contribution >= 4 is 21.6 Å². The van der Waals surface area contributed by atoms with Gasteiger partial charge < -0.3 is 10.6 Å². The molecule has 0 saturated heterocycles. The first-order chi connectivity index (χ1) is 8.70. The van der Waals surface area contributed by atoms with E-state index in [9.17, 15) is 0 Å². The van der Waals surface area contributed by atoms with Crippen LogP contribution in [0.25, 0.3) is 0 Å². The summed E-state index contributed by atoms with van der Waals surface area (Å²) in [6.07, 6.45) is 0. The molecule has 0 aliphatic heterocycles. The highest BCUT2D eigenvalue weighted by atomic mass is 79.9. The largest absolute Gasteiger partial charge is 0.370 e. The quantitative estimate of drug-likeness (QED) is 0.936. The van der Waals surface area contributed by atoms with E-state index in [0.717, 1.165) is 11.0 Å². The van der Waals surface area contributed by atoms with Gasteiger partial charge in [0.1, 0.15) is 0 Å². The minimum atomic E-state index is 0.568. The number of para-hydroxylation sites is 1. The Balaban J connectivity index is 2.19. The molecule has 2 aromatic carbocycles. The van der Waals surface area contributed by atoms with Crippen LogP contribution in [0.1, 0.15) is 11.1 Å². The van der Waals surface area contributed by atoms with Gasteiger partial charge in [0, 0.05) is 30.3 Å². The molecule has 0 heterocycles. The summed E-state index contributed by atoms with van der Waals surface area (Å²) in [5.74, 6) is 0. The predicted molar refractivity (Wildman–Crippen MR) is 80.6 cm³/mol. The smallest absolute Gasteiger partial charge is 0.0426 e. The first kappa shape index (κ1) is 13.1. The lowest BCUT2D eigenvalue weighted by molar-refractivity contribution is 0.903. The Hall–Kier alpha value is -1.32. The van der Waals surface area contributed by atoms with Crippen molar-refractivity contribution in [1.29, 1.82) is 0 Å². The first-order valence-corrected chi connectivity index (χ1v) is 6.73. The molecular formula is C15H17BrN2. The van der Waals surface area contributed by atoms with E-state index in [0.29, 0.717) is 6.54 Å². The summed E-state index contributed by atoms with van der Waals surface area (Å²) in [6.45, 7) is 1.44. The monoisotopic (exact) mass is 304 g/mol. The second kappa shape index (κ2) is 6.03. The van der Waals surface area contributed by atoms with Crippen molar-refractivity contribution in [3.8, 4) is 0 Å². The molecule has 0 spiro atoms. The fourth-order valence-corrected chi connectivity index (χ4v) is 2.50. The molecule has 18 heavy (non-hydrogen) atoms. The van der Waals surface area contributed by atoms with E-state index >= 15 is 0 Å². The van der Waals surface area contributed by atoms with Crippen LogP contribution in [-0.4, -0.2) is 7.05 Å². The normalized spacial score (nSPS) is 10.4. The molecule has 0 unspecified atom stereocenters. The van der Waals surface area contributed by atoms with Gasteiger partial charge in [0.2, 0.25) is 0 Å². The molecule has 0 aromatic heterocycles. The van der Waals surface area contributed by atoms with Crippen LogP contribution in [0.3, 0.4) is 0 Å². The van der Waals surface area contributed by atoms with Gasteiger partial charge in [0.05, 0.1) is 0 Å². The number of nitrogens with zero attached hydrogens (tertiary/aromatic N) is 1.